The van der Waals surface area contributed by atoms with Crippen molar-refractivity contribution in [2.75, 3.05) is 45.8 Å². The minimum atomic E-state index is 0.613. The lowest BCUT2D eigenvalue weighted by molar-refractivity contribution is 0.161. The molecule has 1 unspecified atom stereocenters. The highest BCUT2D eigenvalue weighted by atomic mass is 15.2. The Kier molecular flexibility index (Phi) is 6.29. The van der Waals surface area contributed by atoms with E-state index in [0.29, 0.717) is 6.04 Å². The summed E-state index contributed by atoms with van der Waals surface area (Å²) in [5.41, 5.74) is 1.51. The lowest BCUT2D eigenvalue weighted by atomic mass is 9.98. The number of piperazine rings is 1. The highest BCUT2D eigenvalue weighted by Crippen LogP contribution is 2.26. The number of rotatable bonds is 7. The van der Waals surface area contributed by atoms with Crippen LogP contribution in [0.3, 0.4) is 0 Å². The summed E-state index contributed by atoms with van der Waals surface area (Å²) in [6, 6.07) is 11.7. The third kappa shape index (κ3) is 4.55. The molecule has 1 atom stereocenters. The Labute approximate surface area is 135 Å². The topological polar surface area (TPSA) is 18.5 Å². The Balaban J connectivity index is 1.51. The van der Waals surface area contributed by atoms with Crippen molar-refractivity contribution in [1.29, 1.82) is 0 Å². The van der Waals surface area contributed by atoms with Crippen LogP contribution < -0.4 is 5.32 Å². The van der Waals surface area contributed by atoms with Crippen LogP contribution in [0, 0.1) is 0 Å². The molecule has 0 aromatic heterocycles. The van der Waals surface area contributed by atoms with Crippen LogP contribution in [0.2, 0.25) is 0 Å². The van der Waals surface area contributed by atoms with E-state index >= 15 is 0 Å². The lowest BCUT2D eigenvalue weighted by Crippen LogP contribution is -2.45. The van der Waals surface area contributed by atoms with Gasteiger partial charge in [0.1, 0.15) is 0 Å². The highest BCUT2D eigenvalue weighted by molar-refractivity contribution is 5.19. The normalized spacial score (nSPS) is 22.0. The number of hydrogen-bond donors (Lipinski definition) is 1. The maximum absolute atomic E-state index is 3.48. The molecule has 2 aliphatic rings. The van der Waals surface area contributed by atoms with Gasteiger partial charge in [-0.25, -0.2) is 0 Å². The molecule has 1 N–H and O–H groups in total. The highest BCUT2D eigenvalue weighted by Gasteiger charge is 2.21. The smallest absolute Gasteiger partial charge is 0.0349 e. The zero-order chi connectivity index (χ0) is 15.0. The van der Waals surface area contributed by atoms with E-state index in [0.717, 1.165) is 13.1 Å². The molecule has 3 nitrogen and oxygen atoms in total. The van der Waals surface area contributed by atoms with Crippen LogP contribution in [-0.4, -0.2) is 55.6 Å². The minimum absolute atomic E-state index is 0.613. The third-order valence-corrected chi connectivity index (χ3v) is 5.18. The Morgan fingerprint density at radius 3 is 2.36 bits per heavy atom. The Hall–Kier alpha value is -0.900. The maximum atomic E-state index is 3.48. The zero-order valence-corrected chi connectivity index (χ0v) is 13.8. The Morgan fingerprint density at radius 1 is 0.909 bits per heavy atom. The first-order valence-electron chi connectivity index (χ1n) is 9.15. The molecule has 122 valence electrons. The molecule has 0 aliphatic carbocycles. The fourth-order valence-electron chi connectivity index (χ4n) is 3.91. The molecule has 2 fully saturated rings. The third-order valence-electron chi connectivity index (χ3n) is 5.18. The molecule has 0 saturated carbocycles. The monoisotopic (exact) mass is 301 g/mol. The first-order valence-corrected chi connectivity index (χ1v) is 9.15. The largest absolute Gasteiger partial charge is 0.314 e. The van der Waals surface area contributed by atoms with Crippen LogP contribution in [-0.2, 0) is 0 Å². The molecular weight excluding hydrogens is 270 g/mol. The molecule has 2 saturated heterocycles. The van der Waals surface area contributed by atoms with E-state index in [1.807, 2.05) is 0 Å². The van der Waals surface area contributed by atoms with Crippen LogP contribution in [0.25, 0.3) is 0 Å². The summed E-state index contributed by atoms with van der Waals surface area (Å²) in [5.74, 6) is 0. The van der Waals surface area contributed by atoms with Crippen LogP contribution in [0.4, 0.5) is 0 Å². The molecule has 2 aliphatic heterocycles. The fourth-order valence-corrected chi connectivity index (χ4v) is 3.91. The van der Waals surface area contributed by atoms with Gasteiger partial charge in [0.15, 0.2) is 0 Å². The first-order chi connectivity index (χ1) is 10.9. The second kappa shape index (κ2) is 8.66. The molecule has 0 bridgehead atoms. The number of hydrogen-bond acceptors (Lipinski definition) is 3. The summed E-state index contributed by atoms with van der Waals surface area (Å²) in [6.45, 7) is 8.62. The van der Waals surface area contributed by atoms with Gasteiger partial charge < -0.3 is 10.2 Å². The maximum Gasteiger partial charge on any atom is 0.0349 e. The van der Waals surface area contributed by atoms with Gasteiger partial charge >= 0.3 is 0 Å². The van der Waals surface area contributed by atoms with Crippen molar-refractivity contribution in [3.05, 3.63) is 35.9 Å². The van der Waals surface area contributed by atoms with Gasteiger partial charge in [0.05, 0.1) is 0 Å². The van der Waals surface area contributed by atoms with Crippen molar-refractivity contribution >= 4 is 0 Å². The van der Waals surface area contributed by atoms with Gasteiger partial charge in [-0.05, 0) is 50.9 Å². The summed E-state index contributed by atoms with van der Waals surface area (Å²) in [6.07, 6.45) is 6.83. The molecule has 0 spiro atoms. The predicted octanol–water partition coefficient (Wildman–Crippen LogP) is 2.90. The fraction of sp³-hybridized carbons (Fsp3) is 0.684. The van der Waals surface area contributed by atoms with Gasteiger partial charge in [-0.3, -0.25) is 4.90 Å². The molecule has 0 amide bonds. The van der Waals surface area contributed by atoms with E-state index < -0.39 is 0 Å². The van der Waals surface area contributed by atoms with E-state index in [2.05, 4.69) is 45.4 Å². The predicted molar refractivity (Wildman–Crippen MR) is 93.2 cm³/mol. The van der Waals surface area contributed by atoms with E-state index in [1.54, 1.807) is 0 Å². The van der Waals surface area contributed by atoms with Crippen molar-refractivity contribution in [3.8, 4) is 0 Å². The van der Waals surface area contributed by atoms with E-state index in [4.69, 9.17) is 0 Å². The summed E-state index contributed by atoms with van der Waals surface area (Å²) < 4.78 is 0. The van der Waals surface area contributed by atoms with Crippen molar-refractivity contribution in [2.24, 2.45) is 0 Å². The van der Waals surface area contributed by atoms with Gasteiger partial charge in [-0.2, -0.15) is 0 Å². The minimum Gasteiger partial charge on any atom is -0.314 e. The SMILES string of the molecule is c1ccc(C(CCCCN2CCCC2)N2CCNCC2)cc1. The van der Waals surface area contributed by atoms with Crippen LogP contribution >= 0.6 is 0 Å². The number of benzene rings is 1. The van der Waals surface area contributed by atoms with Crippen LogP contribution in [0.1, 0.15) is 43.7 Å². The second-order valence-corrected chi connectivity index (χ2v) is 6.76. The summed E-state index contributed by atoms with van der Waals surface area (Å²) in [4.78, 5) is 5.32. The van der Waals surface area contributed by atoms with Gasteiger partial charge in [0.25, 0.3) is 0 Å². The number of likely N-dealkylation sites (tertiary alicyclic amines) is 1. The molecule has 2 heterocycles. The van der Waals surface area contributed by atoms with Gasteiger partial charge in [-0.1, -0.05) is 36.8 Å². The second-order valence-electron chi connectivity index (χ2n) is 6.76. The molecule has 3 heteroatoms. The molecular formula is C19H31N3. The van der Waals surface area contributed by atoms with Crippen molar-refractivity contribution in [2.45, 2.75) is 38.1 Å². The number of nitrogens with zero attached hydrogens (tertiary/aromatic N) is 2. The number of unbranched alkanes of at least 4 members (excludes halogenated alkanes) is 1. The standard InChI is InChI=1S/C19H31N3/c1-2-8-18(9-3-1)19(22-16-11-20-12-17-22)10-4-5-13-21-14-6-7-15-21/h1-3,8-9,19-20H,4-7,10-17H2. The lowest BCUT2D eigenvalue weighted by Gasteiger charge is -2.35. The van der Waals surface area contributed by atoms with Crippen molar-refractivity contribution < 1.29 is 0 Å². The molecule has 1 aromatic carbocycles. The summed E-state index contributed by atoms with van der Waals surface area (Å²) >= 11 is 0. The van der Waals surface area contributed by atoms with Crippen LogP contribution in [0.5, 0.6) is 0 Å². The molecule has 22 heavy (non-hydrogen) atoms. The summed E-state index contributed by atoms with van der Waals surface area (Å²) in [7, 11) is 0. The Morgan fingerprint density at radius 2 is 1.64 bits per heavy atom. The molecule has 0 radical (unpaired) electrons. The number of nitrogens with one attached hydrogen (secondary N) is 1. The van der Waals surface area contributed by atoms with Crippen molar-refractivity contribution in [3.63, 3.8) is 0 Å². The van der Waals surface area contributed by atoms with Gasteiger partial charge in [0.2, 0.25) is 0 Å². The zero-order valence-electron chi connectivity index (χ0n) is 13.8. The van der Waals surface area contributed by atoms with E-state index in [1.165, 1.54) is 70.4 Å². The average Bonchev–Trinajstić information content (AvgIpc) is 3.10. The van der Waals surface area contributed by atoms with Gasteiger partial charge in [0, 0.05) is 32.2 Å². The quantitative estimate of drug-likeness (QED) is 0.781. The van der Waals surface area contributed by atoms with E-state index in [9.17, 15) is 0 Å². The van der Waals surface area contributed by atoms with Gasteiger partial charge in [-0.15, -0.1) is 0 Å². The Bertz CT molecular complexity index is 408. The van der Waals surface area contributed by atoms with Crippen LogP contribution in [0.15, 0.2) is 30.3 Å². The average molecular weight is 301 g/mol. The first kappa shape index (κ1) is 16.0. The molecule has 1 aromatic rings. The van der Waals surface area contributed by atoms with E-state index in [-0.39, 0.29) is 0 Å². The summed E-state index contributed by atoms with van der Waals surface area (Å²) in [5, 5.41) is 3.48. The molecule has 3 rings (SSSR count). The van der Waals surface area contributed by atoms with Crippen molar-refractivity contribution in [1.82, 2.24) is 15.1 Å².